The number of ether oxygens (including phenoxy) is 1. The first kappa shape index (κ1) is 21.2. The highest BCUT2D eigenvalue weighted by molar-refractivity contribution is 7.15. The number of hydrogen-bond donors (Lipinski definition) is 2. The fourth-order valence-corrected chi connectivity index (χ4v) is 4.34. The van der Waals surface area contributed by atoms with Gasteiger partial charge in [0.15, 0.2) is 0 Å². The van der Waals surface area contributed by atoms with Crippen LogP contribution in [-0.2, 0) is 16.1 Å². The highest BCUT2D eigenvalue weighted by Crippen LogP contribution is 2.28. The van der Waals surface area contributed by atoms with Crippen LogP contribution in [0.5, 0.6) is 0 Å². The van der Waals surface area contributed by atoms with Crippen LogP contribution in [0.15, 0.2) is 18.2 Å². The normalized spacial score (nSPS) is 19.5. The number of nitrogen functional groups attached to an aromatic ring is 1. The number of carbonyl (C=O) groups is 2. The van der Waals surface area contributed by atoms with Crippen LogP contribution in [0.2, 0.25) is 0 Å². The van der Waals surface area contributed by atoms with Gasteiger partial charge in [-0.3, -0.25) is 14.6 Å². The third-order valence-corrected chi connectivity index (χ3v) is 5.99. The SMILES string of the molecule is CC(=O)NCC1CN(c2ccc(N3CCN(Cc4nnc(N)s4)CC3)c(F)c2)C(=O)O1. The monoisotopic (exact) mass is 449 g/mol. The second-order valence-electron chi connectivity index (χ2n) is 7.49. The maximum atomic E-state index is 14.9. The third-order valence-electron chi connectivity index (χ3n) is 5.25. The van der Waals surface area contributed by atoms with Crippen molar-refractivity contribution in [2.75, 3.05) is 54.8 Å². The van der Waals surface area contributed by atoms with E-state index >= 15 is 0 Å². The van der Waals surface area contributed by atoms with Crippen molar-refractivity contribution < 1.29 is 18.7 Å². The Labute approximate surface area is 182 Å². The van der Waals surface area contributed by atoms with E-state index in [1.165, 1.54) is 29.2 Å². The van der Waals surface area contributed by atoms with Gasteiger partial charge in [0.05, 0.1) is 31.0 Å². The second kappa shape index (κ2) is 9.02. The van der Waals surface area contributed by atoms with Gasteiger partial charge in [-0.25, -0.2) is 9.18 Å². The maximum Gasteiger partial charge on any atom is 0.414 e. The van der Waals surface area contributed by atoms with E-state index < -0.39 is 12.2 Å². The van der Waals surface area contributed by atoms with E-state index in [4.69, 9.17) is 10.5 Å². The van der Waals surface area contributed by atoms with Gasteiger partial charge in [-0.1, -0.05) is 11.3 Å². The molecule has 0 saturated carbocycles. The van der Waals surface area contributed by atoms with Gasteiger partial charge in [-0.2, -0.15) is 0 Å². The summed E-state index contributed by atoms with van der Waals surface area (Å²) in [6, 6.07) is 4.77. The van der Waals surface area contributed by atoms with Crippen molar-refractivity contribution >= 4 is 39.8 Å². The number of benzene rings is 1. The van der Waals surface area contributed by atoms with Crippen LogP contribution >= 0.6 is 11.3 Å². The Balaban J connectivity index is 1.35. The summed E-state index contributed by atoms with van der Waals surface area (Å²) in [7, 11) is 0. The molecule has 1 atom stereocenters. The predicted octanol–water partition coefficient (Wildman–Crippen LogP) is 1.04. The van der Waals surface area contributed by atoms with Crippen LogP contribution in [0.25, 0.3) is 0 Å². The number of carbonyl (C=O) groups excluding carboxylic acids is 2. The van der Waals surface area contributed by atoms with Gasteiger partial charge < -0.3 is 20.7 Å². The highest BCUT2D eigenvalue weighted by Gasteiger charge is 2.33. The molecular weight excluding hydrogens is 425 g/mol. The molecule has 4 rings (SSSR count). The third kappa shape index (κ3) is 5.02. The molecule has 0 radical (unpaired) electrons. The lowest BCUT2D eigenvalue weighted by Gasteiger charge is -2.35. The molecule has 0 bridgehead atoms. The molecule has 31 heavy (non-hydrogen) atoms. The second-order valence-corrected chi connectivity index (χ2v) is 8.58. The molecule has 12 heteroatoms. The minimum absolute atomic E-state index is 0.197. The minimum Gasteiger partial charge on any atom is -0.442 e. The van der Waals surface area contributed by atoms with Gasteiger partial charge in [-0.05, 0) is 18.2 Å². The Morgan fingerprint density at radius 3 is 2.74 bits per heavy atom. The largest absolute Gasteiger partial charge is 0.442 e. The number of hydrogen-bond acceptors (Lipinski definition) is 9. The Morgan fingerprint density at radius 2 is 2.10 bits per heavy atom. The zero-order valence-corrected chi connectivity index (χ0v) is 17.9. The summed E-state index contributed by atoms with van der Waals surface area (Å²) >= 11 is 1.38. The fourth-order valence-electron chi connectivity index (χ4n) is 3.69. The van der Waals surface area contributed by atoms with E-state index in [1.807, 2.05) is 4.90 Å². The first-order valence-electron chi connectivity index (χ1n) is 9.96. The Kier molecular flexibility index (Phi) is 6.18. The smallest absolute Gasteiger partial charge is 0.414 e. The number of aromatic nitrogens is 2. The van der Waals surface area contributed by atoms with Gasteiger partial charge in [0, 0.05) is 33.1 Å². The van der Waals surface area contributed by atoms with Gasteiger partial charge >= 0.3 is 6.09 Å². The molecule has 2 aliphatic heterocycles. The number of nitrogens with one attached hydrogen (secondary N) is 1. The maximum absolute atomic E-state index is 14.9. The first-order chi connectivity index (χ1) is 14.9. The van der Waals surface area contributed by atoms with E-state index in [9.17, 15) is 14.0 Å². The van der Waals surface area contributed by atoms with E-state index in [-0.39, 0.29) is 24.8 Å². The average Bonchev–Trinajstić information content (AvgIpc) is 3.32. The molecule has 1 unspecified atom stereocenters. The van der Waals surface area contributed by atoms with Crippen LogP contribution in [0.1, 0.15) is 11.9 Å². The number of nitrogens with zero attached hydrogens (tertiary/aromatic N) is 5. The number of halogens is 1. The number of rotatable bonds is 6. The number of piperazine rings is 1. The average molecular weight is 450 g/mol. The number of amides is 2. The summed E-state index contributed by atoms with van der Waals surface area (Å²) < 4.78 is 20.1. The molecule has 10 nitrogen and oxygen atoms in total. The summed E-state index contributed by atoms with van der Waals surface area (Å²) in [5.41, 5.74) is 6.57. The molecule has 3 N–H and O–H groups in total. The summed E-state index contributed by atoms with van der Waals surface area (Å²) in [5, 5.41) is 11.8. The lowest BCUT2D eigenvalue weighted by molar-refractivity contribution is -0.119. The molecule has 2 fully saturated rings. The van der Waals surface area contributed by atoms with Crippen LogP contribution in [0.4, 0.5) is 25.7 Å². The van der Waals surface area contributed by atoms with Gasteiger partial charge in [-0.15, -0.1) is 10.2 Å². The van der Waals surface area contributed by atoms with Crippen molar-refractivity contribution in [2.45, 2.75) is 19.6 Å². The van der Waals surface area contributed by atoms with Crippen molar-refractivity contribution in [3.63, 3.8) is 0 Å². The first-order valence-corrected chi connectivity index (χ1v) is 10.8. The highest BCUT2D eigenvalue weighted by atomic mass is 32.1. The number of anilines is 3. The molecule has 166 valence electrons. The van der Waals surface area contributed by atoms with Gasteiger partial charge in [0.1, 0.15) is 16.9 Å². The van der Waals surface area contributed by atoms with Crippen LogP contribution in [0, 0.1) is 5.82 Å². The van der Waals surface area contributed by atoms with E-state index in [2.05, 4.69) is 20.4 Å². The summed E-state index contributed by atoms with van der Waals surface area (Å²) in [6.45, 7) is 5.45. The van der Waals surface area contributed by atoms with Crippen molar-refractivity contribution in [1.29, 1.82) is 0 Å². The summed E-state index contributed by atoms with van der Waals surface area (Å²) in [5.74, 6) is -0.585. The Bertz CT molecular complexity index is 964. The lowest BCUT2D eigenvalue weighted by Crippen LogP contribution is -2.46. The van der Waals surface area contributed by atoms with E-state index in [0.717, 1.165) is 18.1 Å². The van der Waals surface area contributed by atoms with E-state index in [1.54, 1.807) is 12.1 Å². The molecule has 0 spiro atoms. The number of nitrogens with two attached hydrogens (primary N) is 1. The fraction of sp³-hybridized carbons (Fsp3) is 0.474. The molecule has 2 aliphatic rings. The van der Waals surface area contributed by atoms with Crippen molar-refractivity contribution in [2.24, 2.45) is 0 Å². The predicted molar refractivity (Wildman–Crippen MR) is 115 cm³/mol. The van der Waals surface area contributed by atoms with Gasteiger partial charge in [0.25, 0.3) is 0 Å². The molecule has 2 saturated heterocycles. The molecule has 1 aromatic heterocycles. The topological polar surface area (TPSA) is 117 Å². The molecule has 3 heterocycles. The van der Waals surface area contributed by atoms with Gasteiger partial charge in [0.2, 0.25) is 11.0 Å². The number of cyclic esters (lactones) is 1. The molecular formula is C19H24FN7O3S. The molecule has 0 aliphatic carbocycles. The standard InChI is InChI=1S/C19H24FN7O3S/c1-12(28)22-9-14-10-27(19(29)30-14)13-2-3-16(15(20)8-13)26-6-4-25(5-7-26)11-17-23-24-18(21)31-17/h2-3,8,14H,4-7,9-11H2,1H3,(H2,21,24)(H,22,28). The molecule has 1 aromatic carbocycles. The Hall–Kier alpha value is -2.99. The van der Waals surface area contributed by atoms with Crippen molar-refractivity contribution in [3.8, 4) is 0 Å². The van der Waals surface area contributed by atoms with Crippen LogP contribution in [-0.4, -0.2) is 72.5 Å². The summed E-state index contributed by atoms with van der Waals surface area (Å²) in [4.78, 5) is 28.8. The lowest BCUT2D eigenvalue weighted by atomic mass is 10.2. The zero-order chi connectivity index (χ0) is 22.0. The quantitative estimate of drug-likeness (QED) is 0.672. The minimum atomic E-state index is -0.548. The van der Waals surface area contributed by atoms with Crippen molar-refractivity contribution in [3.05, 3.63) is 29.0 Å². The van der Waals surface area contributed by atoms with Crippen LogP contribution in [0.3, 0.4) is 0 Å². The van der Waals surface area contributed by atoms with E-state index in [0.29, 0.717) is 36.1 Å². The van der Waals surface area contributed by atoms with Crippen LogP contribution < -0.4 is 20.9 Å². The molecule has 2 amide bonds. The Morgan fingerprint density at radius 1 is 1.32 bits per heavy atom. The zero-order valence-electron chi connectivity index (χ0n) is 17.1. The van der Waals surface area contributed by atoms with Crippen molar-refractivity contribution in [1.82, 2.24) is 20.4 Å². The molecule has 2 aromatic rings. The summed E-state index contributed by atoms with van der Waals surface area (Å²) in [6.07, 6.45) is -1.01.